The molecular weight excluding hydrogens is 186 g/mol. The van der Waals surface area contributed by atoms with Crippen molar-refractivity contribution in [3.8, 4) is 11.8 Å². The highest BCUT2D eigenvalue weighted by Crippen LogP contribution is 2.34. The van der Waals surface area contributed by atoms with Crippen LogP contribution in [0.2, 0.25) is 0 Å². The first kappa shape index (κ1) is 11.6. The third-order valence-corrected chi connectivity index (χ3v) is 2.87. The predicted molar refractivity (Wildman–Crippen MR) is 61.2 cm³/mol. The fraction of sp³-hybridized carbons (Fsp3) is 0.462. The molecule has 0 bridgehead atoms. The fourth-order valence-corrected chi connectivity index (χ4v) is 1.94. The van der Waals surface area contributed by atoms with E-state index in [4.69, 9.17) is 10.00 Å². The zero-order chi connectivity index (χ0) is 11.6. The summed E-state index contributed by atoms with van der Waals surface area (Å²) < 4.78 is 5.41. The maximum atomic E-state index is 8.99. The van der Waals surface area contributed by atoms with Crippen LogP contribution in [-0.4, -0.2) is 7.11 Å². The highest BCUT2D eigenvalue weighted by Gasteiger charge is 2.17. The minimum absolute atomic E-state index is 0.126. The van der Waals surface area contributed by atoms with Gasteiger partial charge in [0.15, 0.2) is 0 Å². The molecule has 2 nitrogen and oxygen atoms in total. The minimum atomic E-state index is -0.126. The van der Waals surface area contributed by atoms with Crippen molar-refractivity contribution in [1.82, 2.24) is 0 Å². The van der Waals surface area contributed by atoms with Gasteiger partial charge in [-0.05, 0) is 44.4 Å². The Morgan fingerprint density at radius 3 is 2.33 bits per heavy atom. The van der Waals surface area contributed by atoms with Crippen molar-refractivity contribution < 1.29 is 4.74 Å². The molecule has 0 amide bonds. The summed E-state index contributed by atoms with van der Waals surface area (Å²) in [4.78, 5) is 0. The van der Waals surface area contributed by atoms with E-state index in [9.17, 15) is 0 Å². The van der Waals surface area contributed by atoms with E-state index in [0.717, 1.165) is 22.4 Å². The molecule has 1 aromatic rings. The molecule has 1 unspecified atom stereocenters. The van der Waals surface area contributed by atoms with Crippen LogP contribution in [0.1, 0.15) is 35.1 Å². The molecule has 0 aliphatic heterocycles. The summed E-state index contributed by atoms with van der Waals surface area (Å²) >= 11 is 0. The average molecular weight is 203 g/mol. The standard InChI is InChI=1S/C13H17NO/c1-8-6-9(2)12(10(3)7-14)13(15-5)11(8)4/h6,10H,1-5H3. The van der Waals surface area contributed by atoms with Crippen molar-refractivity contribution in [1.29, 1.82) is 5.26 Å². The van der Waals surface area contributed by atoms with Crippen molar-refractivity contribution in [2.24, 2.45) is 0 Å². The molecular formula is C13H17NO. The van der Waals surface area contributed by atoms with Crippen LogP contribution in [-0.2, 0) is 0 Å². The van der Waals surface area contributed by atoms with Crippen LogP contribution in [0.3, 0.4) is 0 Å². The Morgan fingerprint density at radius 1 is 1.27 bits per heavy atom. The number of aryl methyl sites for hydroxylation is 2. The molecule has 0 spiro atoms. The van der Waals surface area contributed by atoms with E-state index in [1.54, 1.807) is 7.11 Å². The lowest BCUT2D eigenvalue weighted by Gasteiger charge is -2.17. The molecule has 0 heterocycles. The van der Waals surface area contributed by atoms with Gasteiger partial charge in [-0.1, -0.05) is 6.07 Å². The van der Waals surface area contributed by atoms with Gasteiger partial charge >= 0.3 is 0 Å². The number of rotatable bonds is 2. The molecule has 2 heteroatoms. The molecule has 0 fully saturated rings. The maximum absolute atomic E-state index is 8.99. The van der Waals surface area contributed by atoms with Gasteiger partial charge in [-0.3, -0.25) is 0 Å². The van der Waals surface area contributed by atoms with Gasteiger partial charge in [0.05, 0.1) is 19.1 Å². The Hall–Kier alpha value is -1.49. The normalized spacial score (nSPS) is 12.0. The lowest BCUT2D eigenvalue weighted by atomic mass is 9.92. The molecule has 1 atom stereocenters. The SMILES string of the molecule is COc1c(C)c(C)cc(C)c1C(C)C#N. The van der Waals surface area contributed by atoms with Gasteiger partial charge in [0.25, 0.3) is 0 Å². The third-order valence-electron chi connectivity index (χ3n) is 2.87. The van der Waals surface area contributed by atoms with Crippen LogP contribution >= 0.6 is 0 Å². The molecule has 0 aliphatic carbocycles. The van der Waals surface area contributed by atoms with Crippen molar-refractivity contribution in [3.05, 3.63) is 28.3 Å². The Labute approximate surface area is 91.5 Å². The molecule has 0 N–H and O–H groups in total. The molecule has 80 valence electrons. The second-order valence-corrected chi connectivity index (χ2v) is 3.93. The molecule has 0 saturated heterocycles. The molecule has 0 radical (unpaired) electrons. The number of nitriles is 1. The average Bonchev–Trinajstić information content (AvgIpc) is 2.21. The minimum Gasteiger partial charge on any atom is -0.496 e. The van der Waals surface area contributed by atoms with E-state index in [1.807, 2.05) is 20.8 Å². The second kappa shape index (κ2) is 4.35. The van der Waals surface area contributed by atoms with Gasteiger partial charge in [0.1, 0.15) is 5.75 Å². The largest absolute Gasteiger partial charge is 0.496 e. The Balaban J connectivity index is 3.50. The zero-order valence-corrected chi connectivity index (χ0v) is 10.0. The number of nitrogens with zero attached hydrogens (tertiary/aromatic N) is 1. The van der Waals surface area contributed by atoms with E-state index in [1.165, 1.54) is 5.56 Å². The van der Waals surface area contributed by atoms with E-state index in [0.29, 0.717) is 0 Å². The molecule has 0 aromatic heterocycles. The van der Waals surface area contributed by atoms with Gasteiger partial charge in [0.2, 0.25) is 0 Å². The first-order valence-electron chi connectivity index (χ1n) is 5.07. The lowest BCUT2D eigenvalue weighted by Crippen LogP contribution is -2.02. The van der Waals surface area contributed by atoms with E-state index in [-0.39, 0.29) is 5.92 Å². The Bertz CT molecular complexity index is 416. The van der Waals surface area contributed by atoms with Crippen molar-refractivity contribution in [2.75, 3.05) is 7.11 Å². The number of benzene rings is 1. The first-order chi connectivity index (χ1) is 7.02. The zero-order valence-electron chi connectivity index (χ0n) is 10.0. The number of hydrogen-bond acceptors (Lipinski definition) is 2. The van der Waals surface area contributed by atoms with Gasteiger partial charge < -0.3 is 4.74 Å². The third kappa shape index (κ3) is 1.97. The molecule has 0 aliphatic rings. The summed E-state index contributed by atoms with van der Waals surface area (Å²) in [6, 6.07) is 4.38. The molecule has 1 rings (SSSR count). The van der Waals surface area contributed by atoms with Gasteiger partial charge in [-0.25, -0.2) is 0 Å². The number of hydrogen-bond donors (Lipinski definition) is 0. The molecule has 1 aromatic carbocycles. The van der Waals surface area contributed by atoms with Crippen LogP contribution < -0.4 is 4.74 Å². The molecule has 15 heavy (non-hydrogen) atoms. The fourth-order valence-electron chi connectivity index (χ4n) is 1.94. The first-order valence-corrected chi connectivity index (χ1v) is 5.07. The van der Waals surface area contributed by atoms with Gasteiger partial charge in [0, 0.05) is 5.56 Å². The second-order valence-electron chi connectivity index (χ2n) is 3.93. The summed E-state index contributed by atoms with van der Waals surface area (Å²) in [5.41, 5.74) is 4.48. The predicted octanol–water partition coefficient (Wildman–Crippen LogP) is 3.25. The smallest absolute Gasteiger partial charge is 0.126 e. The van der Waals surface area contributed by atoms with Crippen molar-refractivity contribution >= 4 is 0 Å². The van der Waals surface area contributed by atoms with Crippen LogP contribution in [0, 0.1) is 32.1 Å². The summed E-state index contributed by atoms with van der Waals surface area (Å²) in [7, 11) is 1.66. The monoisotopic (exact) mass is 203 g/mol. The Kier molecular flexibility index (Phi) is 3.36. The lowest BCUT2D eigenvalue weighted by molar-refractivity contribution is 0.405. The van der Waals surface area contributed by atoms with Crippen LogP contribution in [0.25, 0.3) is 0 Å². The topological polar surface area (TPSA) is 33.0 Å². The van der Waals surface area contributed by atoms with E-state index in [2.05, 4.69) is 19.1 Å². The quantitative estimate of drug-likeness (QED) is 0.739. The van der Waals surface area contributed by atoms with Crippen molar-refractivity contribution in [3.63, 3.8) is 0 Å². The van der Waals surface area contributed by atoms with E-state index < -0.39 is 0 Å². The summed E-state index contributed by atoms with van der Waals surface area (Å²) in [5, 5.41) is 8.99. The number of methoxy groups -OCH3 is 1. The summed E-state index contributed by atoms with van der Waals surface area (Å²) in [6.07, 6.45) is 0. The van der Waals surface area contributed by atoms with Crippen LogP contribution in [0.5, 0.6) is 5.75 Å². The molecule has 0 saturated carbocycles. The highest BCUT2D eigenvalue weighted by molar-refractivity contribution is 5.52. The van der Waals surface area contributed by atoms with E-state index >= 15 is 0 Å². The van der Waals surface area contributed by atoms with Crippen molar-refractivity contribution in [2.45, 2.75) is 33.6 Å². The number of ether oxygens (including phenoxy) is 1. The van der Waals surface area contributed by atoms with Gasteiger partial charge in [-0.15, -0.1) is 0 Å². The Morgan fingerprint density at radius 2 is 1.87 bits per heavy atom. The highest BCUT2D eigenvalue weighted by atomic mass is 16.5. The summed E-state index contributed by atoms with van der Waals surface area (Å²) in [6.45, 7) is 8.02. The summed E-state index contributed by atoms with van der Waals surface area (Å²) in [5.74, 6) is 0.737. The van der Waals surface area contributed by atoms with Crippen LogP contribution in [0.15, 0.2) is 6.07 Å². The maximum Gasteiger partial charge on any atom is 0.126 e. The van der Waals surface area contributed by atoms with Gasteiger partial charge in [-0.2, -0.15) is 5.26 Å². The van der Waals surface area contributed by atoms with Crippen LogP contribution in [0.4, 0.5) is 0 Å².